The fraction of sp³-hybridized carbons (Fsp3) is 1.00. The van der Waals surface area contributed by atoms with Crippen molar-refractivity contribution in [2.24, 2.45) is 5.92 Å². The molecule has 1 rings (SSSR count). The van der Waals surface area contributed by atoms with E-state index in [9.17, 15) is 0 Å². The van der Waals surface area contributed by atoms with Crippen LogP contribution in [0.5, 0.6) is 0 Å². The minimum absolute atomic E-state index is 0.556. The summed E-state index contributed by atoms with van der Waals surface area (Å²) in [5, 5.41) is 0. The molecule has 0 aliphatic heterocycles. The van der Waals surface area contributed by atoms with Crippen LogP contribution < -0.4 is 0 Å². The summed E-state index contributed by atoms with van der Waals surface area (Å²) in [6.07, 6.45) is 4.13. The van der Waals surface area contributed by atoms with Gasteiger partial charge in [0, 0.05) is 5.54 Å². The Morgan fingerprint density at radius 2 is 1.83 bits per heavy atom. The molecular weight excluding hydrogens is 146 g/mol. The van der Waals surface area contributed by atoms with Crippen molar-refractivity contribution in [1.29, 1.82) is 0 Å². The minimum atomic E-state index is 0.556. The molecule has 0 amide bonds. The summed E-state index contributed by atoms with van der Waals surface area (Å²) in [5.74, 6) is 0.910. The van der Waals surface area contributed by atoms with Gasteiger partial charge >= 0.3 is 0 Å². The maximum atomic E-state index is 2.40. The quantitative estimate of drug-likeness (QED) is 0.617. The Morgan fingerprint density at radius 1 is 1.33 bits per heavy atom. The molecule has 0 aromatic heterocycles. The molecule has 1 aliphatic rings. The molecule has 0 saturated heterocycles. The van der Waals surface area contributed by atoms with Crippen LogP contribution in [0.15, 0.2) is 0 Å². The third kappa shape index (κ3) is 1.82. The van der Waals surface area contributed by atoms with Crippen molar-refractivity contribution in [1.82, 2.24) is 4.90 Å². The molecule has 1 fully saturated rings. The first kappa shape index (κ1) is 12.0. The van der Waals surface area contributed by atoms with Gasteiger partial charge in [0.15, 0.2) is 0 Å². The van der Waals surface area contributed by atoms with E-state index in [4.69, 9.17) is 0 Å². The summed E-state index contributed by atoms with van der Waals surface area (Å²) in [4.78, 5) is 2.40. The average Bonchev–Trinajstić information content (AvgIpc) is 2.07. The Morgan fingerprint density at radius 3 is 1.83 bits per heavy atom. The van der Waals surface area contributed by atoms with Gasteiger partial charge in [0.05, 0.1) is 0 Å². The molecule has 1 aliphatic carbocycles. The maximum absolute atomic E-state index is 2.40. The summed E-state index contributed by atoms with van der Waals surface area (Å²) >= 11 is 0. The lowest BCUT2D eigenvalue weighted by atomic mass is 9.65. The van der Waals surface area contributed by atoms with Crippen LogP contribution >= 0.6 is 0 Å². The highest BCUT2D eigenvalue weighted by atomic mass is 15.2. The van der Waals surface area contributed by atoms with Gasteiger partial charge in [-0.05, 0) is 39.3 Å². The van der Waals surface area contributed by atoms with Gasteiger partial charge in [-0.15, -0.1) is 0 Å². The highest BCUT2D eigenvalue weighted by Gasteiger charge is 2.43. The van der Waals surface area contributed by atoms with Crippen molar-refractivity contribution < 1.29 is 0 Å². The normalized spacial score (nSPS) is 33.8. The number of hydrogen-bond donors (Lipinski definition) is 0. The van der Waals surface area contributed by atoms with E-state index in [1.165, 1.54) is 19.3 Å². The zero-order valence-corrected chi connectivity index (χ0v) is 9.65. The smallest absolute Gasteiger partial charge is 0.0226 e. The second kappa shape index (κ2) is 4.86. The Hall–Kier alpha value is -0.0400. The van der Waals surface area contributed by atoms with E-state index in [0.29, 0.717) is 5.54 Å². The summed E-state index contributed by atoms with van der Waals surface area (Å²) in [7, 11) is 4.42. The first-order valence-corrected chi connectivity index (χ1v) is 5.31. The molecule has 1 nitrogen and oxygen atoms in total. The van der Waals surface area contributed by atoms with Gasteiger partial charge in [-0.2, -0.15) is 0 Å². The molecule has 0 heterocycles. The molecule has 0 bridgehead atoms. The van der Waals surface area contributed by atoms with Gasteiger partial charge in [-0.1, -0.05) is 27.7 Å². The lowest BCUT2D eigenvalue weighted by Gasteiger charge is -2.52. The van der Waals surface area contributed by atoms with Crippen molar-refractivity contribution >= 4 is 0 Å². The Bertz CT molecular complexity index is 109. The number of hydrogen-bond acceptors (Lipinski definition) is 1. The standard InChI is InChI=1S/C9H19N.C2H6/c1-5-9(10(3)4)7-6-8(9)2;1-2/h8H,5-7H2,1-4H3;1-2H3. The maximum Gasteiger partial charge on any atom is 0.0226 e. The lowest BCUT2D eigenvalue weighted by molar-refractivity contribution is -0.00613. The molecule has 74 valence electrons. The van der Waals surface area contributed by atoms with Crippen molar-refractivity contribution in [3.63, 3.8) is 0 Å². The van der Waals surface area contributed by atoms with Crippen LogP contribution in [-0.4, -0.2) is 24.5 Å². The molecule has 1 saturated carbocycles. The van der Waals surface area contributed by atoms with E-state index < -0.39 is 0 Å². The Kier molecular flexibility index (Phi) is 4.84. The van der Waals surface area contributed by atoms with Crippen LogP contribution in [0, 0.1) is 5.92 Å². The van der Waals surface area contributed by atoms with Crippen LogP contribution in [0.25, 0.3) is 0 Å². The van der Waals surface area contributed by atoms with Crippen LogP contribution in [0.1, 0.15) is 47.0 Å². The van der Waals surface area contributed by atoms with E-state index in [2.05, 4.69) is 32.8 Å². The largest absolute Gasteiger partial charge is 0.303 e. The Balaban J connectivity index is 0.000000561. The molecule has 0 radical (unpaired) electrons. The molecule has 1 heteroatoms. The second-order valence-corrected chi connectivity index (χ2v) is 3.79. The van der Waals surface area contributed by atoms with Gasteiger partial charge in [0.2, 0.25) is 0 Å². The molecule has 0 aromatic rings. The van der Waals surface area contributed by atoms with Crippen LogP contribution in [-0.2, 0) is 0 Å². The minimum Gasteiger partial charge on any atom is -0.303 e. The van der Waals surface area contributed by atoms with Crippen molar-refractivity contribution in [3.8, 4) is 0 Å². The van der Waals surface area contributed by atoms with Gasteiger partial charge in [0.1, 0.15) is 0 Å². The average molecular weight is 171 g/mol. The third-order valence-electron chi connectivity index (χ3n) is 3.43. The lowest BCUT2D eigenvalue weighted by Crippen LogP contribution is -2.55. The highest BCUT2D eigenvalue weighted by molar-refractivity contribution is 4.99. The van der Waals surface area contributed by atoms with Crippen molar-refractivity contribution in [3.05, 3.63) is 0 Å². The van der Waals surface area contributed by atoms with E-state index in [1.54, 1.807) is 0 Å². The zero-order valence-electron chi connectivity index (χ0n) is 9.65. The van der Waals surface area contributed by atoms with E-state index in [1.807, 2.05) is 13.8 Å². The number of rotatable bonds is 2. The fourth-order valence-corrected chi connectivity index (χ4v) is 2.27. The zero-order chi connectivity index (χ0) is 9.78. The molecule has 2 unspecified atom stereocenters. The first-order chi connectivity index (χ1) is 5.63. The molecule has 0 spiro atoms. The van der Waals surface area contributed by atoms with E-state index in [-0.39, 0.29) is 0 Å². The van der Waals surface area contributed by atoms with Gasteiger partial charge in [0.25, 0.3) is 0 Å². The fourth-order valence-electron chi connectivity index (χ4n) is 2.27. The SMILES string of the molecule is CC.CCC1(N(C)C)CCC1C. The van der Waals surface area contributed by atoms with Gasteiger partial charge < -0.3 is 4.90 Å². The first-order valence-electron chi connectivity index (χ1n) is 5.31. The molecular formula is C11H25N. The predicted octanol–water partition coefficient (Wildman–Crippen LogP) is 3.15. The predicted molar refractivity (Wildman–Crippen MR) is 56.5 cm³/mol. The van der Waals surface area contributed by atoms with E-state index in [0.717, 1.165) is 5.92 Å². The molecule has 0 N–H and O–H groups in total. The Labute approximate surface area is 78.1 Å². The van der Waals surface area contributed by atoms with Crippen LogP contribution in [0.2, 0.25) is 0 Å². The monoisotopic (exact) mass is 171 g/mol. The van der Waals surface area contributed by atoms with Crippen LogP contribution in [0.3, 0.4) is 0 Å². The molecule has 0 aromatic carbocycles. The summed E-state index contributed by atoms with van der Waals surface area (Å²) in [6.45, 7) is 8.67. The van der Waals surface area contributed by atoms with Crippen LogP contribution in [0.4, 0.5) is 0 Å². The van der Waals surface area contributed by atoms with Crippen molar-refractivity contribution in [2.75, 3.05) is 14.1 Å². The van der Waals surface area contributed by atoms with E-state index >= 15 is 0 Å². The third-order valence-corrected chi connectivity index (χ3v) is 3.43. The molecule has 12 heavy (non-hydrogen) atoms. The van der Waals surface area contributed by atoms with Crippen molar-refractivity contribution in [2.45, 2.75) is 52.5 Å². The topological polar surface area (TPSA) is 3.24 Å². The number of nitrogens with zero attached hydrogens (tertiary/aromatic N) is 1. The highest BCUT2D eigenvalue weighted by Crippen LogP contribution is 2.44. The summed E-state index contributed by atoms with van der Waals surface area (Å²) in [6, 6.07) is 0. The second-order valence-electron chi connectivity index (χ2n) is 3.79. The summed E-state index contributed by atoms with van der Waals surface area (Å²) in [5.41, 5.74) is 0.556. The van der Waals surface area contributed by atoms with Gasteiger partial charge in [-0.25, -0.2) is 0 Å². The molecule has 2 atom stereocenters. The van der Waals surface area contributed by atoms with Gasteiger partial charge in [-0.3, -0.25) is 0 Å². The summed E-state index contributed by atoms with van der Waals surface area (Å²) < 4.78 is 0.